The molecule has 0 aliphatic carbocycles. The van der Waals surface area contributed by atoms with Crippen LogP contribution in [0.2, 0.25) is 0 Å². The number of carbonyl (C=O) groups is 1. The highest BCUT2D eigenvalue weighted by atomic mass is 16.5. The molecule has 0 radical (unpaired) electrons. The van der Waals surface area contributed by atoms with Crippen LogP contribution in [-0.4, -0.2) is 16.2 Å². The lowest BCUT2D eigenvalue weighted by Gasteiger charge is -1.98. The molecule has 0 fully saturated rings. The van der Waals surface area contributed by atoms with Crippen LogP contribution in [0.5, 0.6) is 0 Å². The van der Waals surface area contributed by atoms with Gasteiger partial charge >= 0.3 is 11.6 Å². The lowest BCUT2D eigenvalue weighted by molar-refractivity contribution is 0.0686. The molecule has 0 aliphatic heterocycles. The summed E-state index contributed by atoms with van der Waals surface area (Å²) in [4.78, 5) is 22.2. The van der Waals surface area contributed by atoms with E-state index in [4.69, 9.17) is 5.11 Å². The molecule has 2 rings (SSSR count). The van der Waals surface area contributed by atoms with Crippen molar-refractivity contribution in [2.75, 3.05) is 0 Å². The van der Waals surface area contributed by atoms with E-state index < -0.39 is 11.6 Å². The zero-order valence-corrected chi connectivity index (χ0v) is 8.48. The SMILES string of the molecule is Cc1ccc(-c2c(C(=O)O)[nH]oc2=O)cc1. The minimum Gasteiger partial charge on any atom is -0.476 e. The summed E-state index contributed by atoms with van der Waals surface area (Å²) in [5.41, 5.74) is 0.696. The molecule has 5 heteroatoms. The van der Waals surface area contributed by atoms with E-state index in [0.717, 1.165) is 5.56 Å². The highest BCUT2D eigenvalue weighted by Crippen LogP contribution is 2.19. The van der Waals surface area contributed by atoms with E-state index in [2.05, 4.69) is 9.68 Å². The summed E-state index contributed by atoms with van der Waals surface area (Å²) in [5, 5.41) is 11.0. The molecule has 0 unspecified atom stereocenters. The van der Waals surface area contributed by atoms with Gasteiger partial charge in [-0.15, -0.1) is 0 Å². The monoisotopic (exact) mass is 219 g/mol. The third-order valence-corrected chi connectivity index (χ3v) is 2.25. The largest absolute Gasteiger partial charge is 0.476 e. The van der Waals surface area contributed by atoms with Gasteiger partial charge < -0.3 is 9.63 Å². The topological polar surface area (TPSA) is 83.3 Å². The molecular formula is C11H9NO4. The molecule has 0 bridgehead atoms. The van der Waals surface area contributed by atoms with Gasteiger partial charge in [-0.25, -0.2) is 14.7 Å². The summed E-state index contributed by atoms with van der Waals surface area (Å²) < 4.78 is 4.48. The van der Waals surface area contributed by atoms with E-state index in [1.54, 1.807) is 24.3 Å². The standard InChI is InChI=1S/C11H9NO4/c1-6-2-4-7(5-3-6)8-9(10(13)14)12-16-11(8)15/h2-5,12H,1H3,(H,13,14). The number of hydrogen-bond acceptors (Lipinski definition) is 3. The fraction of sp³-hybridized carbons (Fsp3) is 0.0909. The smallest absolute Gasteiger partial charge is 0.365 e. The van der Waals surface area contributed by atoms with E-state index in [0.29, 0.717) is 5.56 Å². The van der Waals surface area contributed by atoms with Crippen molar-refractivity contribution in [1.82, 2.24) is 5.16 Å². The van der Waals surface area contributed by atoms with Crippen molar-refractivity contribution >= 4 is 5.97 Å². The van der Waals surface area contributed by atoms with Crippen molar-refractivity contribution in [3.05, 3.63) is 45.9 Å². The molecule has 1 aromatic heterocycles. The molecule has 0 spiro atoms. The predicted octanol–water partition coefficient (Wildman–Crippen LogP) is 1.64. The lowest BCUT2D eigenvalue weighted by Crippen LogP contribution is -2.03. The van der Waals surface area contributed by atoms with Gasteiger partial charge in [-0.05, 0) is 12.5 Å². The molecule has 2 N–H and O–H groups in total. The molecule has 0 amide bonds. The Bertz CT molecular complexity index is 577. The van der Waals surface area contributed by atoms with Crippen molar-refractivity contribution < 1.29 is 14.4 Å². The Hall–Kier alpha value is -2.30. The molecule has 5 nitrogen and oxygen atoms in total. The first-order chi connectivity index (χ1) is 7.59. The van der Waals surface area contributed by atoms with Crippen LogP contribution in [0.4, 0.5) is 0 Å². The van der Waals surface area contributed by atoms with Crippen LogP contribution in [-0.2, 0) is 0 Å². The van der Waals surface area contributed by atoms with Crippen molar-refractivity contribution in [2.45, 2.75) is 6.92 Å². The van der Waals surface area contributed by atoms with Gasteiger partial charge in [0.25, 0.3) is 0 Å². The Kier molecular flexibility index (Phi) is 2.36. The highest BCUT2D eigenvalue weighted by Gasteiger charge is 2.19. The second-order valence-electron chi connectivity index (χ2n) is 3.41. The van der Waals surface area contributed by atoms with Crippen molar-refractivity contribution in [3.63, 3.8) is 0 Å². The zero-order chi connectivity index (χ0) is 11.7. The molecule has 1 heterocycles. The summed E-state index contributed by atoms with van der Waals surface area (Å²) in [6.07, 6.45) is 0. The Morgan fingerprint density at radius 3 is 2.50 bits per heavy atom. The second-order valence-corrected chi connectivity index (χ2v) is 3.41. The second kappa shape index (κ2) is 3.69. The number of nitrogens with one attached hydrogen (secondary N) is 1. The van der Waals surface area contributed by atoms with Gasteiger partial charge in [0.05, 0.1) is 0 Å². The third kappa shape index (κ3) is 1.63. The zero-order valence-electron chi connectivity index (χ0n) is 8.48. The fourth-order valence-corrected chi connectivity index (χ4v) is 1.43. The number of benzene rings is 1. The van der Waals surface area contributed by atoms with Gasteiger partial charge in [-0.3, -0.25) is 0 Å². The number of carboxylic acids is 1. The number of aryl methyl sites for hydroxylation is 1. The van der Waals surface area contributed by atoms with Gasteiger partial charge in [0.15, 0.2) is 5.69 Å². The quantitative estimate of drug-likeness (QED) is 0.804. The number of aromatic carboxylic acids is 1. The first-order valence-corrected chi connectivity index (χ1v) is 4.61. The molecule has 0 aliphatic rings. The number of carboxylic acid groups (broad SMARTS) is 1. The normalized spacial score (nSPS) is 10.3. The van der Waals surface area contributed by atoms with Gasteiger partial charge in [0.1, 0.15) is 5.56 Å². The maximum Gasteiger partial charge on any atom is 0.365 e. The molecule has 82 valence electrons. The minimum absolute atomic E-state index is 0.0486. The van der Waals surface area contributed by atoms with E-state index in [1.165, 1.54) is 0 Å². The third-order valence-electron chi connectivity index (χ3n) is 2.25. The van der Waals surface area contributed by atoms with E-state index in [1.807, 2.05) is 6.92 Å². The van der Waals surface area contributed by atoms with Crippen molar-refractivity contribution in [1.29, 1.82) is 0 Å². The van der Waals surface area contributed by atoms with Crippen LogP contribution in [0.25, 0.3) is 11.1 Å². The van der Waals surface area contributed by atoms with Crippen LogP contribution < -0.4 is 5.63 Å². The van der Waals surface area contributed by atoms with E-state index in [9.17, 15) is 9.59 Å². The Morgan fingerprint density at radius 1 is 1.31 bits per heavy atom. The van der Waals surface area contributed by atoms with Crippen LogP contribution in [0.15, 0.2) is 33.6 Å². The average Bonchev–Trinajstić information content (AvgIpc) is 2.62. The van der Waals surface area contributed by atoms with Gasteiger partial charge in [-0.2, -0.15) is 0 Å². The number of H-pyrrole nitrogens is 1. The number of rotatable bonds is 2. The average molecular weight is 219 g/mol. The molecule has 0 atom stereocenters. The Labute approximate surface area is 90.3 Å². The van der Waals surface area contributed by atoms with Crippen molar-refractivity contribution in [2.24, 2.45) is 0 Å². The molecular weight excluding hydrogens is 210 g/mol. The fourth-order valence-electron chi connectivity index (χ4n) is 1.43. The summed E-state index contributed by atoms with van der Waals surface area (Å²) in [5.74, 6) is -1.22. The lowest BCUT2D eigenvalue weighted by atomic mass is 10.0. The Morgan fingerprint density at radius 2 is 1.94 bits per heavy atom. The maximum absolute atomic E-state index is 11.4. The van der Waals surface area contributed by atoms with Crippen LogP contribution in [0, 0.1) is 6.92 Å². The molecule has 1 aromatic carbocycles. The van der Waals surface area contributed by atoms with Gasteiger partial charge in [0.2, 0.25) is 0 Å². The van der Waals surface area contributed by atoms with Gasteiger partial charge in [-0.1, -0.05) is 29.8 Å². The number of aromatic nitrogens is 1. The van der Waals surface area contributed by atoms with Crippen LogP contribution >= 0.6 is 0 Å². The highest BCUT2D eigenvalue weighted by molar-refractivity contribution is 5.93. The van der Waals surface area contributed by atoms with Crippen molar-refractivity contribution in [3.8, 4) is 11.1 Å². The maximum atomic E-state index is 11.4. The first-order valence-electron chi connectivity index (χ1n) is 4.61. The molecule has 2 aromatic rings. The van der Waals surface area contributed by atoms with E-state index >= 15 is 0 Å². The minimum atomic E-state index is -1.22. The van der Waals surface area contributed by atoms with Crippen LogP contribution in [0.1, 0.15) is 16.1 Å². The van der Waals surface area contributed by atoms with Crippen LogP contribution in [0.3, 0.4) is 0 Å². The van der Waals surface area contributed by atoms with E-state index in [-0.39, 0.29) is 11.3 Å². The summed E-state index contributed by atoms with van der Waals surface area (Å²) in [6.45, 7) is 1.90. The number of aromatic amines is 1. The summed E-state index contributed by atoms with van der Waals surface area (Å²) in [7, 11) is 0. The first kappa shape index (κ1) is 10.2. The van der Waals surface area contributed by atoms with Gasteiger partial charge in [0, 0.05) is 0 Å². The number of hydrogen-bond donors (Lipinski definition) is 2. The summed E-state index contributed by atoms with van der Waals surface area (Å²) in [6, 6.07) is 6.96. The molecule has 16 heavy (non-hydrogen) atoms. The molecule has 0 saturated carbocycles. The summed E-state index contributed by atoms with van der Waals surface area (Å²) >= 11 is 0. The molecule has 0 saturated heterocycles. The Balaban J connectivity index is 2.63. The predicted molar refractivity (Wildman–Crippen MR) is 56.5 cm³/mol.